The molecule has 2 N–H and O–H groups in total. The molecule has 0 unspecified atom stereocenters. The number of likely N-dealkylation sites (tertiary alicyclic amines) is 1. The Morgan fingerprint density at radius 2 is 1.90 bits per heavy atom. The summed E-state index contributed by atoms with van der Waals surface area (Å²) in [6, 6.07) is 3.89. The molecule has 0 aromatic heterocycles. The van der Waals surface area contributed by atoms with Crippen LogP contribution in [0, 0.1) is 0 Å². The molecule has 0 aliphatic carbocycles. The smallest absolute Gasteiger partial charge is 0.326 e. The highest BCUT2D eigenvalue weighted by atomic mass is 35.5. The van der Waals surface area contributed by atoms with Gasteiger partial charge in [0.25, 0.3) is 0 Å². The average Bonchev–Trinajstić information content (AvgIpc) is 2.76. The van der Waals surface area contributed by atoms with Crippen LogP contribution in [0.15, 0.2) is 18.2 Å². The third-order valence-electron chi connectivity index (χ3n) is 3.27. The molecule has 1 heterocycles. The number of hydrogen-bond acceptors (Lipinski definition) is 3. The number of aliphatic carboxylic acids is 1. The fourth-order valence-corrected chi connectivity index (χ4v) is 2.81. The summed E-state index contributed by atoms with van der Waals surface area (Å²) < 4.78 is 0. The highest BCUT2D eigenvalue weighted by Gasteiger charge is 2.38. The van der Waals surface area contributed by atoms with Crippen LogP contribution in [-0.2, 0) is 16.0 Å². The zero-order valence-corrected chi connectivity index (χ0v) is 11.9. The van der Waals surface area contributed by atoms with E-state index in [1.54, 1.807) is 18.2 Å². The lowest BCUT2D eigenvalue weighted by molar-refractivity contribution is -0.148. The molecule has 1 aromatic carbocycles. The first-order chi connectivity index (χ1) is 9.40. The minimum atomic E-state index is -1.12. The van der Waals surface area contributed by atoms with Crippen LogP contribution >= 0.6 is 23.2 Å². The lowest BCUT2D eigenvalue weighted by Gasteiger charge is -2.21. The zero-order valence-electron chi connectivity index (χ0n) is 10.4. The number of halogens is 2. The SMILES string of the molecule is O=C(O)[C@H]1C[C@@H](O)CN1C(=O)Cc1c(Cl)cccc1Cl. The molecular formula is C13H13Cl2NO4. The first kappa shape index (κ1) is 15.1. The molecule has 2 atom stereocenters. The van der Waals surface area contributed by atoms with Crippen molar-refractivity contribution in [3.63, 3.8) is 0 Å². The molecule has 0 saturated carbocycles. The number of benzene rings is 1. The van der Waals surface area contributed by atoms with Gasteiger partial charge in [-0.1, -0.05) is 29.3 Å². The molecule has 1 saturated heterocycles. The molecule has 5 nitrogen and oxygen atoms in total. The summed E-state index contributed by atoms with van der Waals surface area (Å²) in [6.07, 6.45) is -0.867. The lowest BCUT2D eigenvalue weighted by atomic mass is 10.1. The van der Waals surface area contributed by atoms with Gasteiger partial charge in [-0.25, -0.2) is 4.79 Å². The molecular weight excluding hydrogens is 305 g/mol. The Bertz CT molecular complexity index is 529. The second kappa shape index (κ2) is 5.99. The van der Waals surface area contributed by atoms with Crippen LogP contribution < -0.4 is 0 Å². The van der Waals surface area contributed by atoms with Crippen molar-refractivity contribution < 1.29 is 19.8 Å². The Hall–Kier alpha value is -1.30. The van der Waals surface area contributed by atoms with Gasteiger partial charge >= 0.3 is 5.97 Å². The number of hydrogen-bond donors (Lipinski definition) is 2. The molecule has 1 amide bonds. The Labute approximate surface area is 125 Å². The number of carboxylic acids is 1. The quantitative estimate of drug-likeness (QED) is 0.887. The zero-order chi connectivity index (χ0) is 14.9. The van der Waals surface area contributed by atoms with Crippen LogP contribution in [0.5, 0.6) is 0 Å². The summed E-state index contributed by atoms with van der Waals surface area (Å²) in [5.41, 5.74) is 0.464. The van der Waals surface area contributed by atoms with E-state index >= 15 is 0 Å². The van der Waals surface area contributed by atoms with Gasteiger partial charge in [-0.15, -0.1) is 0 Å². The van der Waals surface area contributed by atoms with Crippen LogP contribution in [0.3, 0.4) is 0 Å². The summed E-state index contributed by atoms with van der Waals surface area (Å²) in [4.78, 5) is 24.5. The van der Waals surface area contributed by atoms with E-state index in [1.165, 1.54) is 0 Å². The Kier molecular flexibility index (Phi) is 4.52. The molecule has 108 valence electrons. The molecule has 20 heavy (non-hydrogen) atoms. The normalized spacial score (nSPS) is 22.1. The van der Waals surface area contributed by atoms with E-state index in [1.807, 2.05) is 0 Å². The van der Waals surface area contributed by atoms with Crippen LogP contribution in [-0.4, -0.2) is 45.7 Å². The number of carboxylic acid groups (broad SMARTS) is 1. The summed E-state index contributed by atoms with van der Waals surface area (Å²) in [6.45, 7) is 0.0118. The number of aliphatic hydroxyl groups excluding tert-OH is 1. The molecule has 1 aromatic rings. The molecule has 1 aliphatic heterocycles. The Balaban J connectivity index is 2.18. The first-order valence-electron chi connectivity index (χ1n) is 6.03. The summed E-state index contributed by atoms with van der Waals surface area (Å²) in [5, 5.41) is 19.3. The van der Waals surface area contributed by atoms with Crippen molar-refractivity contribution in [1.29, 1.82) is 0 Å². The maximum absolute atomic E-state index is 12.2. The number of carbonyl (C=O) groups is 2. The number of rotatable bonds is 3. The number of β-amino-alcohol motifs (C(OH)–C–C–N with tert-alkyl or cyclic N) is 1. The van der Waals surface area contributed by atoms with Crippen molar-refractivity contribution in [3.8, 4) is 0 Å². The van der Waals surface area contributed by atoms with Crippen LogP contribution in [0.4, 0.5) is 0 Å². The molecule has 0 spiro atoms. The van der Waals surface area contributed by atoms with Gasteiger partial charge in [0.05, 0.1) is 12.5 Å². The molecule has 0 radical (unpaired) electrons. The minimum Gasteiger partial charge on any atom is -0.480 e. The number of amides is 1. The number of carbonyl (C=O) groups excluding carboxylic acids is 1. The molecule has 7 heteroatoms. The fraction of sp³-hybridized carbons (Fsp3) is 0.385. The van der Waals surface area contributed by atoms with E-state index < -0.39 is 24.0 Å². The Morgan fingerprint density at radius 3 is 2.45 bits per heavy atom. The van der Waals surface area contributed by atoms with Gasteiger partial charge in [0, 0.05) is 23.0 Å². The largest absolute Gasteiger partial charge is 0.480 e. The van der Waals surface area contributed by atoms with E-state index in [4.69, 9.17) is 28.3 Å². The fourth-order valence-electron chi connectivity index (χ4n) is 2.28. The summed E-state index contributed by atoms with van der Waals surface area (Å²) >= 11 is 12.0. The Morgan fingerprint density at radius 1 is 1.30 bits per heavy atom. The van der Waals surface area contributed by atoms with Crippen LogP contribution in [0.1, 0.15) is 12.0 Å². The van der Waals surface area contributed by atoms with Gasteiger partial charge in [-0.3, -0.25) is 4.79 Å². The van der Waals surface area contributed by atoms with Crippen molar-refractivity contribution in [2.24, 2.45) is 0 Å². The topological polar surface area (TPSA) is 77.8 Å². The standard InChI is InChI=1S/C13H13Cl2NO4/c14-9-2-1-3-10(15)8(9)5-12(18)16-6-7(17)4-11(16)13(19)20/h1-3,7,11,17H,4-6H2,(H,19,20)/t7-,11-/m1/s1. The maximum Gasteiger partial charge on any atom is 0.326 e. The third kappa shape index (κ3) is 3.06. The van der Waals surface area contributed by atoms with Gasteiger partial charge in [0.1, 0.15) is 6.04 Å². The molecule has 0 bridgehead atoms. The van der Waals surface area contributed by atoms with E-state index in [-0.39, 0.29) is 19.4 Å². The number of aliphatic hydroxyl groups is 1. The van der Waals surface area contributed by atoms with Crippen molar-refractivity contribution in [2.45, 2.75) is 25.0 Å². The second-order valence-corrected chi connectivity index (χ2v) is 5.48. The first-order valence-corrected chi connectivity index (χ1v) is 6.79. The third-order valence-corrected chi connectivity index (χ3v) is 3.98. The highest BCUT2D eigenvalue weighted by molar-refractivity contribution is 6.36. The van der Waals surface area contributed by atoms with Gasteiger partial charge in [0.2, 0.25) is 5.91 Å². The van der Waals surface area contributed by atoms with Gasteiger partial charge in [-0.05, 0) is 17.7 Å². The maximum atomic E-state index is 12.2. The monoisotopic (exact) mass is 317 g/mol. The van der Waals surface area contributed by atoms with Crippen molar-refractivity contribution >= 4 is 35.1 Å². The highest BCUT2D eigenvalue weighted by Crippen LogP contribution is 2.27. The minimum absolute atomic E-state index is 0.0118. The van der Waals surface area contributed by atoms with Gasteiger partial charge in [0.15, 0.2) is 0 Å². The summed E-state index contributed by atoms with van der Waals surface area (Å²) in [5.74, 6) is -1.54. The van der Waals surface area contributed by atoms with Crippen molar-refractivity contribution in [2.75, 3.05) is 6.54 Å². The second-order valence-electron chi connectivity index (χ2n) is 4.67. The lowest BCUT2D eigenvalue weighted by Crippen LogP contribution is -2.41. The van der Waals surface area contributed by atoms with Gasteiger partial charge in [-0.2, -0.15) is 0 Å². The van der Waals surface area contributed by atoms with Gasteiger partial charge < -0.3 is 15.1 Å². The van der Waals surface area contributed by atoms with E-state index in [0.717, 1.165) is 4.90 Å². The average molecular weight is 318 g/mol. The van der Waals surface area contributed by atoms with E-state index in [9.17, 15) is 14.7 Å². The number of nitrogens with zero attached hydrogens (tertiary/aromatic N) is 1. The van der Waals surface area contributed by atoms with Crippen LogP contribution in [0.25, 0.3) is 0 Å². The predicted octanol–water partition coefficient (Wildman–Crippen LogP) is 1.58. The van der Waals surface area contributed by atoms with Crippen molar-refractivity contribution in [1.82, 2.24) is 4.90 Å². The van der Waals surface area contributed by atoms with E-state index in [2.05, 4.69) is 0 Å². The van der Waals surface area contributed by atoms with E-state index in [0.29, 0.717) is 15.6 Å². The molecule has 2 rings (SSSR count). The van der Waals surface area contributed by atoms with Crippen LogP contribution in [0.2, 0.25) is 10.0 Å². The predicted molar refractivity (Wildman–Crippen MR) is 73.9 cm³/mol. The molecule has 1 fully saturated rings. The summed E-state index contributed by atoms with van der Waals surface area (Å²) in [7, 11) is 0. The molecule has 1 aliphatic rings. The van der Waals surface area contributed by atoms with Crippen molar-refractivity contribution in [3.05, 3.63) is 33.8 Å².